The highest BCUT2D eigenvalue weighted by Crippen LogP contribution is 2.38. The van der Waals surface area contributed by atoms with Gasteiger partial charge in [-0.15, -0.1) is 13.2 Å². The molecule has 58 heavy (non-hydrogen) atoms. The second-order valence-electron chi connectivity index (χ2n) is 15.2. The first kappa shape index (κ1) is 40.6. The summed E-state index contributed by atoms with van der Waals surface area (Å²) in [4.78, 5) is 53.7. The van der Waals surface area contributed by atoms with Crippen LogP contribution in [0.3, 0.4) is 0 Å². The van der Waals surface area contributed by atoms with Crippen LogP contribution in [0.25, 0.3) is 21.9 Å². The second-order valence-corrected chi connectivity index (χ2v) is 15.2. The third kappa shape index (κ3) is 8.78. The summed E-state index contributed by atoms with van der Waals surface area (Å²) in [7, 11) is 2.78. The summed E-state index contributed by atoms with van der Waals surface area (Å²) >= 11 is 0. The Bertz CT molecular complexity index is 2270. The van der Waals surface area contributed by atoms with E-state index in [2.05, 4.69) is 15.4 Å². The number of imide groups is 1. The molecular formula is C41H42F6N6O5. The van der Waals surface area contributed by atoms with Gasteiger partial charge in [0.05, 0.1) is 18.0 Å². The molecule has 3 aliphatic rings. The number of alkyl halides is 5. The highest BCUT2D eigenvalue weighted by atomic mass is 19.4. The topological polar surface area (TPSA) is 116 Å². The molecule has 308 valence electrons. The van der Waals surface area contributed by atoms with Crippen molar-refractivity contribution >= 4 is 34.3 Å². The zero-order valence-corrected chi connectivity index (χ0v) is 31.8. The molecule has 0 bridgehead atoms. The van der Waals surface area contributed by atoms with Gasteiger partial charge in [0, 0.05) is 69.7 Å². The Morgan fingerprint density at radius 1 is 0.948 bits per heavy atom. The number of fused-ring (bicyclic) bond motifs is 1. The molecule has 4 amide bonds. The van der Waals surface area contributed by atoms with E-state index in [0.29, 0.717) is 43.3 Å². The van der Waals surface area contributed by atoms with Crippen LogP contribution in [0.5, 0.6) is 5.75 Å². The summed E-state index contributed by atoms with van der Waals surface area (Å²) in [6.45, 7) is -0.322. The van der Waals surface area contributed by atoms with Crippen LogP contribution < -0.4 is 20.9 Å². The summed E-state index contributed by atoms with van der Waals surface area (Å²) in [6.07, 6.45) is -1.90. The van der Waals surface area contributed by atoms with E-state index in [0.717, 1.165) is 34.3 Å². The van der Waals surface area contributed by atoms with Crippen LogP contribution >= 0.6 is 0 Å². The molecule has 17 heteroatoms. The molecule has 3 aromatic carbocycles. The number of anilines is 1. The summed E-state index contributed by atoms with van der Waals surface area (Å²) in [5.74, 6) is -5.17. The lowest BCUT2D eigenvalue weighted by molar-refractivity contribution is -0.275. The molecule has 2 N–H and O–H groups in total. The number of ether oxygens (including phenoxy) is 1. The van der Waals surface area contributed by atoms with Gasteiger partial charge in [-0.1, -0.05) is 30.3 Å². The second kappa shape index (κ2) is 16.0. The number of halogens is 6. The molecule has 0 aliphatic carbocycles. The highest BCUT2D eigenvalue weighted by Gasteiger charge is 2.49. The predicted octanol–water partition coefficient (Wildman–Crippen LogP) is 6.60. The Hall–Kier alpha value is -5.58. The molecule has 0 spiro atoms. The van der Waals surface area contributed by atoms with Crippen LogP contribution in [0.15, 0.2) is 71.7 Å². The Morgan fingerprint density at radius 3 is 2.34 bits per heavy atom. The number of benzene rings is 3. The highest BCUT2D eigenvalue weighted by molar-refractivity contribution is 6.01. The molecule has 2 atom stereocenters. The standard InChI is InChI=1S/C41H42F6N6O5/c1-50-22-32(30-10-7-28(42)20-31(30)38(50)56)26-3-4-27(34(19-26)58-41(45,46)47)21-52-16-15-35(40(43,44)23-52)51(2)39(57)53-17-13-25(14-18-53)24-5-8-29(9-6-24)48-33-11-12-36(54)49-37(33)55/h3-10,19-20,22,25,33,35,48H,11-18,21,23H2,1-2H3,(H,49,54,55). The minimum Gasteiger partial charge on any atom is -0.405 e. The number of urea groups is 1. The van der Waals surface area contributed by atoms with Crippen LogP contribution in [-0.2, 0) is 23.2 Å². The number of pyridine rings is 1. The van der Waals surface area contributed by atoms with Crippen molar-refractivity contribution in [2.75, 3.05) is 38.5 Å². The van der Waals surface area contributed by atoms with E-state index < -0.39 is 54.1 Å². The predicted molar refractivity (Wildman–Crippen MR) is 203 cm³/mol. The van der Waals surface area contributed by atoms with E-state index in [1.807, 2.05) is 24.3 Å². The lowest BCUT2D eigenvalue weighted by Crippen LogP contribution is -2.60. The largest absolute Gasteiger partial charge is 0.573 e. The van der Waals surface area contributed by atoms with Crippen molar-refractivity contribution in [3.05, 3.63) is 94.2 Å². The van der Waals surface area contributed by atoms with Gasteiger partial charge in [-0.25, -0.2) is 18.0 Å². The maximum absolute atomic E-state index is 15.8. The molecule has 0 radical (unpaired) electrons. The minimum atomic E-state index is -5.10. The fraction of sp³-hybridized carbons (Fsp3) is 0.415. The van der Waals surface area contributed by atoms with Gasteiger partial charge in [-0.2, -0.15) is 0 Å². The summed E-state index contributed by atoms with van der Waals surface area (Å²) < 4.78 is 92.2. The number of aryl methyl sites for hydroxylation is 1. The molecule has 4 heterocycles. The van der Waals surface area contributed by atoms with Crippen molar-refractivity contribution in [1.29, 1.82) is 0 Å². The summed E-state index contributed by atoms with van der Waals surface area (Å²) in [6, 6.07) is 12.7. The number of aromatic nitrogens is 1. The molecule has 3 fully saturated rings. The van der Waals surface area contributed by atoms with Crippen molar-refractivity contribution < 1.29 is 45.5 Å². The monoisotopic (exact) mass is 812 g/mol. The number of rotatable bonds is 8. The molecule has 2 unspecified atom stereocenters. The Kier molecular flexibility index (Phi) is 11.2. The molecule has 1 aromatic heterocycles. The molecule has 11 nitrogen and oxygen atoms in total. The van der Waals surface area contributed by atoms with Crippen LogP contribution in [-0.4, -0.2) is 94.7 Å². The van der Waals surface area contributed by atoms with Crippen LogP contribution in [0.2, 0.25) is 0 Å². The SMILES string of the molecule is CN(C(=O)N1CCC(c2ccc(NC3CCC(=O)NC3=O)cc2)CC1)C1CCN(Cc2ccc(-c3cn(C)c(=O)c4cc(F)ccc34)cc2OC(F)(F)F)CC1(F)F. The van der Waals surface area contributed by atoms with Gasteiger partial charge in [0.1, 0.15) is 17.6 Å². The van der Waals surface area contributed by atoms with E-state index in [-0.39, 0.29) is 60.2 Å². The van der Waals surface area contributed by atoms with Crippen LogP contribution in [0.1, 0.15) is 49.1 Å². The molecular weight excluding hydrogens is 770 g/mol. The number of hydrogen-bond acceptors (Lipinski definition) is 7. The Labute approximate surface area is 329 Å². The van der Waals surface area contributed by atoms with Gasteiger partial charge < -0.3 is 24.4 Å². The van der Waals surface area contributed by atoms with E-state index >= 15 is 8.78 Å². The number of likely N-dealkylation sites (tertiary alicyclic amines) is 2. The van der Waals surface area contributed by atoms with Crippen molar-refractivity contribution in [3.63, 3.8) is 0 Å². The van der Waals surface area contributed by atoms with Crippen LogP contribution in [0, 0.1) is 5.82 Å². The number of carbonyl (C=O) groups is 3. The fourth-order valence-corrected chi connectivity index (χ4v) is 8.24. The maximum atomic E-state index is 15.8. The zero-order valence-electron chi connectivity index (χ0n) is 31.8. The van der Waals surface area contributed by atoms with Crippen molar-refractivity contribution in [1.82, 2.24) is 24.6 Å². The average molecular weight is 813 g/mol. The summed E-state index contributed by atoms with van der Waals surface area (Å²) in [5, 5.41) is 5.81. The zero-order chi connectivity index (χ0) is 41.5. The van der Waals surface area contributed by atoms with Crippen molar-refractivity contribution in [3.8, 4) is 16.9 Å². The van der Waals surface area contributed by atoms with Gasteiger partial charge in [-0.3, -0.25) is 24.6 Å². The molecule has 4 aromatic rings. The van der Waals surface area contributed by atoms with Crippen molar-refractivity contribution in [2.24, 2.45) is 7.05 Å². The first-order valence-electron chi connectivity index (χ1n) is 19.0. The molecule has 3 saturated heterocycles. The Morgan fingerprint density at radius 2 is 1.67 bits per heavy atom. The van der Waals surface area contributed by atoms with E-state index in [4.69, 9.17) is 0 Å². The van der Waals surface area contributed by atoms with Crippen molar-refractivity contribution in [2.45, 2.75) is 68.9 Å². The van der Waals surface area contributed by atoms with E-state index in [1.165, 1.54) is 48.0 Å². The molecule has 0 saturated carbocycles. The van der Waals surface area contributed by atoms with Crippen LogP contribution in [0.4, 0.5) is 36.8 Å². The number of nitrogens with zero attached hydrogens (tertiary/aromatic N) is 4. The third-order valence-corrected chi connectivity index (χ3v) is 11.3. The molecule has 3 aliphatic heterocycles. The first-order chi connectivity index (χ1) is 27.5. The maximum Gasteiger partial charge on any atom is 0.573 e. The smallest absolute Gasteiger partial charge is 0.405 e. The van der Waals surface area contributed by atoms with Gasteiger partial charge in [0.15, 0.2) is 0 Å². The number of nitrogens with one attached hydrogen (secondary N) is 2. The number of hydrogen-bond donors (Lipinski definition) is 2. The van der Waals surface area contributed by atoms with Gasteiger partial charge in [0.25, 0.3) is 11.5 Å². The van der Waals surface area contributed by atoms with E-state index in [9.17, 15) is 36.7 Å². The third-order valence-electron chi connectivity index (χ3n) is 11.3. The fourth-order valence-electron chi connectivity index (χ4n) is 8.24. The van der Waals surface area contributed by atoms with Gasteiger partial charge in [0.2, 0.25) is 11.8 Å². The van der Waals surface area contributed by atoms with Gasteiger partial charge >= 0.3 is 12.4 Å². The number of amides is 4. The molecule has 7 rings (SSSR count). The number of carbonyl (C=O) groups excluding carboxylic acids is 3. The lowest BCUT2D eigenvalue weighted by atomic mass is 9.89. The van der Waals surface area contributed by atoms with E-state index in [1.54, 1.807) is 4.90 Å². The average Bonchev–Trinajstić information content (AvgIpc) is 3.17. The Balaban J connectivity index is 0.975. The summed E-state index contributed by atoms with van der Waals surface area (Å²) in [5.41, 5.74) is 1.87. The first-order valence-corrected chi connectivity index (χ1v) is 19.0. The lowest BCUT2D eigenvalue weighted by Gasteiger charge is -2.44. The van der Waals surface area contributed by atoms with Gasteiger partial charge in [-0.05, 0) is 78.4 Å². The number of piperidine rings is 3. The normalized spacial score (nSPS) is 20.5. The minimum absolute atomic E-state index is 0.00279. The quantitative estimate of drug-likeness (QED) is 0.152.